The fourth-order valence-electron chi connectivity index (χ4n) is 2.44. The summed E-state index contributed by atoms with van der Waals surface area (Å²) in [6, 6.07) is 0. The molecular weight excluding hydrogens is 342 g/mol. The predicted octanol–water partition coefficient (Wildman–Crippen LogP) is -0.137. The first kappa shape index (κ1) is 19.4. The van der Waals surface area contributed by atoms with Crippen LogP contribution in [0, 0.1) is 0 Å². The molecule has 0 spiro atoms. The minimum absolute atomic E-state index is 0.528. The molecule has 2 heterocycles. The predicted molar refractivity (Wildman–Crippen MR) is 95.5 cm³/mol. The smallest absolute Gasteiger partial charge is 0.382 e. The molecule has 10 heteroatoms. The maximum absolute atomic E-state index is 6.11. The van der Waals surface area contributed by atoms with Crippen molar-refractivity contribution in [2.75, 3.05) is 24.7 Å². The van der Waals surface area contributed by atoms with Gasteiger partial charge in [-0.15, -0.1) is 11.6 Å². The SMILES string of the molecule is Nc1c(N=Nc2n(CCC[NH3+])cc[n+]2CCCCl)cnn1CCC[NH3+]. The average molecular weight is 371 g/mol. The van der Waals surface area contributed by atoms with E-state index in [9.17, 15) is 0 Å². The van der Waals surface area contributed by atoms with Crippen LogP contribution in [0.25, 0.3) is 0 Å². The lowest BCUT2D eigenvalue weighted by molar-refractivity contribution is -0.683. The normalized spacial score (nSPS) is 11.6. The van der Waals surface area contributed by atoms with E-state index in [1.165, 1.54) is 0 Å². The van der Waals surface area contributed by atoms with E-state index < -0.39 is 0 Å². The number of imidazole rings is 1. The van der Waals surface area contributed by atoms with Crippen molar-refractivity contribution in [2.24, 2.45) is 10.2 Å². The first-order valence-electron chi connectivity index (χ1n) is 8.67. The Kier molecular flexibility index (Phi) is 7.83. The Morgan fingerprint density at radius 3 is 2.64 bits per heavy atom. The number of aromatic nitrogens is 4. The number of aryl methyl sites for hydroxylation is 3. The summed E-state index contributed by atoms with van der Waals surface area (Å²) in [6.07, 6.45) is 8.45. The largest absolute Gasteiger partial charge is 0.421 e. The third-order valence-corrected chi connectivity index (χ3v) is 4.12. The maximum Gasteiger partial charge on any atom is 0.421 e. The number of rotatable bonds is 11. The van der Waals surface area contributed by atoms with Gasteiger partial charge in [0, 0.05) is 30.4 Å². The van der Waals surface area contributed by atoms with Crippen molar-refractivity contribution in [1.82, 2.24) is 14.3 Å². The Bertz CT molecular complexity index is 651. The number of azo groups is 1. The molecule has 0 amide bonds. The molecule has 2 rings (SSSR count). The molecule has 0 aliphatic heterocycles. The third kappa shape index (κ3) is 5.25. The minimum Gasteiger partial charge on any atom is -0.382 e. The Balaban J connectivity index is 2.20. The number of nitrogens with zero attached hydrogens (tertiary/aromatic N) is 6. The van der Waals surface area contributed by atoms with Crippen LogP contribution in [0.5, 0.6) is 0 Å². The molecule has 0 saturated carbocycles. The minimum atomic E-state index is 0.528. The highest BCUT2D eigenvalue weighted by molar-refractivity contribution is 6.17. The van der Waals surface area contributed by atoms with Crippen LogP contribution in [-0.2, 0) is 19.6 Å². The number of anilines is 1. The molecular formula is C15H29ClN9+3. The molecule has 138 valence electrons. The number of halogens is 1. The summed E-state index contributed by atoms with van der Waals surface area (Å²) in [5.41, 5.74) is 14.4. The van der Waals surface area contributed by atoms with Crippen LogP contribution in [0.4, 0.5) is 17.5 Å². The van der Waals surface area contributed by atoms with Crippen molar-refractivity contribution >= 4 is 29.1 Å². The molecule has 0 aliphatic rings. The number of nitrogens with two attached hydrogens (primary N) is 1. The zero-order chi connectivity index (χ0) is 18.1. The summed E-state index contributed by atoms with van der Waals surface area (Å²) in [5, 5.41) is 13.0. The first-order valence-corrected chi connectivity index (χ1v) is 9.20. The second-order valence-corrected chi connectivity index (χ2v) is 6.16. The van der Waals surface area contributed by atoms with Gasteiger partial charge in [0.15, 0.2) is 11.5 Å². The summed E-state index contributed by atoms with van der Waals surface area (Å²) >= 11 is 5.82. The van der Waals surface area contributed by atoms with E-state index in [0.29, 0.717) is 17.4 Å². The molecule has 9 nitrogen and oxygen atoms in total. The summed E-state index contributed by atoms with van der Waals surface area (Å²) in [4.78, 5) is 0. The number of quaternary nitrogens is 2. The van der Waals surface area contributed by atoms with Gasteiger partial charge in [-0.25, -0.2) is 13.8 Å². The molecule has 0 aromatic carbocycles. The number of hydrogen-bond donors (Lipinski definition) is 3. The molecule has 0 unspecified atom stereocenters. The van der Waals surface area contributed by atoms with Crippen LogP contribution >= 0.6 is 11.6 Å². The Morgan fingerprint density at radius 1 is 1.16 bits per heavy atom. The third-order valence-electron chi connectivity index (χ3n) is 3.85. The van der Waals surface area contributed by atoms with Gasteiger partial charge in [-0.05, 0) is 6.42 Å². The molecule has 0 aliphatic carbocycles. The highest BCUT2D eigenvalue weighted by Crippen LogP contribution is 2.23. The van der Waals surface area contributed by atoms with Crippen molar-refractivity contribution in [2.45, 2.75) is 38.9 Å². The van der Waals surface area contributed by atoms with E-state index in [1.807, 2.05) is 12.4 Å². The molecule has 0 saturated heterocycles. The van der Waals surface area contributed by atoms with Crippen LogP contribution in [0.2, 0.25) is 0 Å². The number of alkyl halides is 1. The van der Waals surface area contributed by atoms with Gasteiger partial charge >= 0.3 is 5.95 Å². The fraction of sp³-hybridized carbons (Fsp3) is 0.600. The summed E-state index contributed by atoms with van der Waals surface area (Å²) in [6.45, 7) is 4.11. The Hall–Kier alpha value is -1.97. The van der Waals surface area contributed by atoms with Crippen LogP contribution in [0.3, 0.4) is 0 Å². The van der Waals surface area contributed by atoms with E-state index in [2.05, 4.69) is 35.9 Å². The lowest BCUT2D eigenvalue weighted by atomic mass is 10.4. The molecule has 0 radical (unpaired) electrons. The van der Waals surface area contributed by atoms with E-state index in [-0.39, 0.29) is 0 Å². The molecule has 8 N–H and O–H groups in total. The summed E-state index contributed by atoms with van der Waals surface area (Å²) in [7, 11) is 0. The molecule has 2 aromatic heterocycles. The first-order chi connectivity index (χ1) is 12.2. The van der Waals surface area contributed by atoms with Gasteiger partial charge in [0.1, 0.15) is 0 Å². The molecule has 25 heavy (non-hydrogen) atoms. The van der Waals surface area contributed by atoms with Gasteiger partial charge in [-0.3, -0.25) is 0 Å². The van der Waals surface area contributed by atoms with Crippen molar-refractivity contribution in [3.8, 4) is 0 Å². The van der Waals surface area contributed by atoms with Gasteiger partial charge in [-0.2, -0.15) is 5.10 Å². The van der Waals surface area contributed by atoms with Gasteiger partial charge in [0.2, 0.25) is 0 Å². The van der Waals surface area contributed by atoms with E-state index in [0.717, 1.165) is 57.9 Å². The monoisotopic (exact) mass is 370 g/mol. The standard InChI is InChI=1S/C15H26ClN9/c16-4-1-7-23-10-11-24(8-2-5-17)15(23)22-21-13-12-20-25(14(13)19)9-3-6-18/h10-12,19H,1-9,17-18H2/p+3. The maximum atomic E-state index is 6.11. The van der Waals surface area contributed by atoms with Crippen molar-refractivity contribution in [3.05, 3.63) is 18.6 Å². The highest BCUT2D eigenvalue weighted by atomic mass is 35.5. The highest BCUT2D eigenvalue weighted by Gasteiger charge is 2.17. The van der Waals surface area contributed by atoms with Crippen LogP contribution < -0.4 is 21.8 Å². The van der Waals surface area contributed by atoms with E-state index >= 15 is 0 Å². The fourth-order valence-corrected chi connectivity index (χ4v) is 2.56. The molecule has 2 aromatic rings. The average Bonchev–Trinajstić information content (AvgIpc) is 3.17. The quantitative estimate of drug-likeness (QED) is 0.288. The van der Waals surface area contributed by atoms with Gasteiger partial charge in [0.05, 0.1) is 44.8 Å². The lowest BCUT2D eigenvalue weighted by Gasteiger charge is -2.00. The van der Waals surface area contributed by atoms with Crippen molar-refractivity contribution in [1.29, 1.82) is 0 Å². The lowest BCUT2D eigenvalue weighted by Crippen LogP contribution is -2.50. The molecule has 0 bridgehead atoms. The summed E-state index contributed by atoms with van der Waals surface area (Å²) < 4.78 is 5.87. The van der Waals surface area contributed by atoms with Crippen molar-refractivity contribution in [3.63, 3.8) is 0 Å². The van der Waals surface area contributed by atoms with Gasteiger partial charge in [-0.1, -0.05) is 5.11 Å². The van der Waals surface area contributed by atoms with Gasteiger partial charge in [0.25, 0.3) is 0 Å². The van der Waals surface area contributed by atoms with Crippen molar-refractivity contribution < 1.29 is 16.0 Å². The molecule has 0 fully saturated rings. The topological polar surface area (TPSA) is 133 Å². The van der Waals surface area contributed by atoms with E-state index in [4.69, 9.17) is 17.3 Å². The second kappa shape index (κ2) is 10.1. The second-order valence-electron chi connectivity index (χ2n) is 5.78. The van der Waals surface area contributed by atoms with Gasteiger partial charge < -0.3 is 17.2 Å². The van der Waals surface area contributed by atoms with Crippen LogP contribution in [-0.4, -0.2) is 33.3 Å². The zero-order valence-electron chi connectivity index (χ0n) is 14.6. The Labute approximate surface area is 152 Å². The van der Waals surface area contributed by atoms with E-state index in [1.54, 1.807) is 10.9 Å². The van der Waals surface area contributed by atoms with Crippen LogP contribution in [0.15, 0.2) is 28.8 Å². The zero-order valence-corrected chi connectivity index (χ0v) is 15.4. The summed E-state index contributed by atoms with van der Waals surface area (Å²) in [5.74, 6) is 1.92. The van der Waals surface area contributed by atoms with Crippen LogP contribution in [0.1, 0.15) is 19.3 Å². The Morgan fingerprint density at radius 2 is 1.92 bits per heavy atom. The molecule has 0 atom stereocenters. The number of nitrogen functional groups attached to an aromatic ring is 1. The number of hydrogen-bond acceptors (Lipinski definition) is 4.